The highest BCUT2D eigenvalue weighted by molar-refractivity contribution is 6.30. The summed E-state index contributed by atoms with van der Waals surface area (Å²) >= 11 is 5.95. The lowest BCUT2D eigenvalue weighted by Gasteiger charge is -2.11. The van der Waals surface area contributed by atoms with Crippen molar-refractivity contribution in [2.75, 3.05) is 19.0 Å². The van der Waals surface area contributed by atoms with Crippen molar-refractivity contribution >= 4 is 17.3 Å². The quantitative estimate of drug-likeness (QED) is 0.771. The first kappa shape index (κ1) is 9.81. The number of methoxy groups -OCH3 is 1. The highest BCUT2D eigenvalue weighted by atomic mass is 35.5. The Labute approximate surface area is 89.2 Å². The molecular formula is C11H14ClNO. The van der Waals surface area contributed by atoms with Gasteiger partial charge < -0.3 is 10.1 Å². The maximum Gasteiger partial charge on any atom is 0.0629 e. The van der Waals surface area contributed by atoms with E-state index in [1.807, 2.05) is 18.2 Å². The number of nitrogens with one attached hydrogen (secondary N) is 1. The van der Waals surface area contributed by atoms with Gasteiger partial charge in [0.15, 0.2) is 0 Å². The second-order valence-electron chi connectivity index (χ2n) is 3.58. The second-order valence-corrected chi connectivity index (χ2v) is 4.02. The van der Waals surface area contributed by atoms with E-state index in [0.29, 0.717) is 6.10 Å². The molecule has 1 heterocycles. The molecule has 1 N–H and O–H groups in total. The minimum absolute atomic E-state index is 0.308. The molecule has 1 aromatic carbocycles. The van der Waals surface area contributed by atoms with E-state index in [1.165, 1.54) is 11.3 Å². The molecule has 0 saturated carbocycles. The van der Waals surface area contributed by atoms with Gasteiger partial charge >= 0.3 is 0 Å². The van der Waals surface area contributed by atoms with Crippen LogP contribution in [0.25, 0.3) is 0 Å². The van der Waals surface area contributed by atoms with E-state index >= 15 is 0 Å². The minimum Gasteiger partial charge on any atom is -0.385 e. The Hall–Kier alpha value is -0.730. The number of hydrogen-bond acceptors (Lipinski definition) is 2. The Morgan fingerprint density at radius 1 is 1.50 bits per heavy atom. The van der Waals surface area contributed by atoms with E-state index in [-0.39, 0.29) is 0 Å². The van der Waals surface area contributed by atoms with Crippen molar-refractivity contribution in [1.82, 2.24) is 0 Å². The van der Waals surface area contributed by atoms with Crippen molar-refractivity contribution in [3.05, 3.63) is 28.8 Å². The van der Waals surface area contributed by atoms with Crippen molar-refractivity contribution in [1.29, 1.82) is 0 Å². The van der Waals surface area contributed by atoms with Gasteiger partial charge in [-0.1, -0.05) is 11.6 Å². The van der Waals surface area contributed by atoms with Gasteiger partial charge in [0.25, 0.3) is 0 Å². The molecule has 0 aliphatic carbocycles. The zero-order chi connectivity index (χ0) is 9.97. The predicted molar refractivity (Wildman–Crippen MR) is 59.1 cm³/mol. The third kappa shape index (κ3) is 2.02. The first-order chi connectivity index (χ1) is 6.79. The van der Waals surface area contributed by atoms with Crippen LogP contribution >= 0.6 is 11.6 Å². The Kier molecular flexibility index (Phi) is 2.94. The number of anilines is 1. The molecule has 1 aliphatic heterocycles. The second kappa shape index (κ2) is 4.20. The van der Waals surface area contributed by atoms with Crippen LogP contribution in [0.5, 0.6) is 0 Å². The first-order valence-corrected chi connectivity index (χ1v) is 5.22. The maximum atomic E-state index is 5.95. The fourth-order valence-electron chi connectivity index (χ4n) is 1.82. The SMILES string of the molecule is COC1CCNc2ccc(Cl)cc2C1. The molecule has 14 heavy (non-hydrogen) atoms. The molecule has 0 aromatic heterocycles. The Morgan fingerprint density at radius 2 is 2.36 bits per heavy atom. The summed E-state index contributed by atoms with van der Waals surface area (Å²) in [6, 6.07) is 5.97. The van der Waals surface area contributed by atoms with Crippen LogP contribution in [0, 0.1) is 0 Å². The molecular weight excluding hydrogens is 198 g/mol. The fraction of sp³-hybridized carbons (Fsp3) is 0.455. The van der Waals surface area contributed by atoms with Crippen LogP contribution in [0.2, 0.25) is 5.02 Å². The number of hydrogen-bond donors (Lipinski definition) is 1. The summed E-state index contributed by atoms with van der Waals surface area (Å²) in [5, 5.41) is 4.17. The van der Waals surface area contributed by atoms with Gasteiger partial charge in [-0.3, -0.25) is 0 Å². The molecule has 0 radical (unpaired) electrons. The third-order valence-electron chi connectivity index (χ3n) is 2.63. The molecule has 0 bridgehead atoms. The number of halogens is 1. The number of benzene rings is 1. The molecule has 2 rings (SSSR count). The van der Waals surface area contributed by atoms with Crippen molar-refractivity contribution in [2.24, 2.45) is 0 Å². The summed E-state index contributed by atoms with van der Waals surface area (Å²) in [7, 11) is 1.76. The van der Waals surface area contributed by atoms with Crippen LogP contribution in [-0.2, 0) is 11.2 Å². The third-order valence-corrected chi connectivity index (χ3v) is 2.87. The number of ether oxygens (including phenoxy) is 1. The molecule has 1 aromatic rings. The molecule has 0 fully saturated rings. The van der Waals surface area contributed by atoms with Crippen LogP contribution in [0.4, 0.5) is 5.69 Å². The normalized spacial score (nSPS) is 20.9. The molecule has 0 amide bonds. The molecule has 1 aliphatic rings. The largest absolute Gasteiger partial charge is 0.385 e. The van der Waals surface area contributed by atoms with Crippen LogP contribution in [-0.4, -0.2) is 19.8 Å². The summed E-state index contributed by atoms with van der Waals surface area (Å²) in [5.41, 5.74) is 2.44. The zero-order valence-corrected chi connectivity index (χ0v) is 8.97. The Morgan fingerprint density at radius 3 is 3.14 bits per heavy atom. The summed E-state index contributed by atoms with van der Waals surface area (Å²) in [4.78, 5) is 0. The van der Waals surface area contributed by atoms with E-state index in [2.05, 4.69) is 5.32 Å². The van der Waals surface area contributed by atoms with Crippen molar-refractivity contribution in [3.8, 4) is 0 Å². The van der Waals surface area contributed by atoms with E-state index in [9.17, 15) is 0 Å². The molecule has 76 valence electrons. The lowest BCUT2D eigenvalue weighted by atomic mass is 10.1. The highest BCUT2D eigenvalue weighted by Gasteiger charge is 2.15. The highest BCUT2D eigenvalue weighted by Crippen LogP contribution is 2.25. The van der Waals surface area contributed by atoms with Gasteiger partial charge in [-0.15, -0.1) is 0 Å². The molecule has 0 spiro atoms. The number of rotatable bonds is 1. The van der Waals surface area contributed by atoms with Gasteiger partial charge in [-0.05, 0) is 30.2 Å². The van der Waals surface area contributed by atoms with Crippen LogP contribution in [0.15, 0.2) is 18.2 Å². The molecule has 2 nitrogen and oxygen atoms in total. The van der Waals surface area contributed by atoms with Crippen LogP contribution in [0.1, 0.15) is 12.0 Å². The van der Waals surface area contributed by atoms with Crippen LogP contribution in [0.3, 0.4) is 0 Å². The smallest absolute Gasteiger partial charge is 0.0629 e. The first-order valence-electron chi connectivity index (χ1n) is 4.84. The van der Waals surface area contributed by atoms with E-state index < -0.39 is 0 Å². The predicted octanol–water partition coefficient (Wildman–Crippen LogP) is 2.71. The molecule has 3 heteroatoms. The van der Waals surface area contributed by atoms with Crippen molar-refractivity contribution in [2.45, 2.75) is 18.9 Å². The minimum atomic E-state index is 0.308. The van der Waals surface area contributed by atoms with E-state index in [0.717, 1.165) is 24.4 Å². The summed E-state index contributed by atoms with van der Waals surface area (Å²) in [6.07, 6.45) is 2.30. The molecule has 1 unspecified atom stereocenters. The van der Waals surface area contributed by atoms with E-state index in [4.69, 9.17) is 16.3 Å². The van der Waals surface area contributed by atoms with Gasteiger partial charge in [0, 0.05) is 30.8 Å². The lowest BCUT2D eigenvalue weighted by Crippen LogP contribution is -2.14. The van der Waals surface area contributed by atoms with Gasteiger partial charge in [0.05, 0.1) is 6.10 Å². The van der Waals surface area contributed by atoms with Crippen molar-refractivity contribution in [3.63, 3.8) is 0 Å². The summed E-state index contributed by atoms with van der Waals surface area (Å²) in [5.74, 6) is 0. The van der Waals surface area contributed by atoms with Gasteiger partial charge in [-0.25, -0.2) is 0 Å². The summed E-state index contributed by atoms with van der Waals surface area (Å²) < 4.78 is 5.38. The van der Waals surface area contributed by atoms with Gasteiger partial charge in [0.2, 0.25) is 0 Å². The standard InChI is InChI=1S/C11H14ClNO/c1-14-10-4-5-13-11-3-2-9(12)6-8(11)7-10/h2-3,6,10,13H,4-5,7H2,1H3. The molecule has 0 saturated heterocycles. The molecule has 1 atom stereocenters. The topological polar surface area (TPSA) is 21.3 Å². The lowest BCUT2D eigenvalue weighted by molar-refractivity contribution is 0.0999. The zero-order valence-electron chi connectivity index (χ0n) is 8.22. The average Bonchev–Trinajstić information content (AvgIpc) is 2.38. The van der Waals surface area contributed by atoms with Gasteiger partial charge in [-0.2, -0.15) is 0 Å². The number of fused-ring (bicyclic) bond motifs is 1. The summed E-state index contributed by atoms with van der Waals surface area (Å²) in [6.45, 7) is 0.965. The van der Waals surface area contributed by atoms with Crippen molar-refractivity contribution < 1.29 is 4.74 Å². The van der Waals surface area contributed by atoms with E-state index in [1.54, 1.807) is 7.11 Å². The maximum absolute atomic E-state index is 5.95. The Bertz CT molecular complexity index is 327. The fourth-order valence-corrected chi connectivity index (χ4v) is 2.01. The average molecular weight is 212 g/mol. The van der Waals surface area contributed by atoms with Crippen LogP contribution < -0.4 is 5.32 Å². The Balaban J connectivity index is 2.28. The monoisotopic (exact) mass is 211 g/mol. The van der Waals surface area contributed by atoms with Gasteiger partial charge in [0.1, 0.15) is 0 Å².